The molecule has 0 aromatic heterocycles. The highest BCUT2D eigenvalue weighted by Crippen LogP contribution is 2.19. The minimum Gasteiger partial charge on any atom is -0.303 e. The molecular weight excluding hydrogens is 186 g/mol. The highest BCUT2D eigenvalue weighted by atomic mass is 15.4. The summed E-state index contributed by atoms with van der Waals surface area (Å²) in [6.07, 6.45) is 0. The first kappa shape index (κ1) is 12.9. The zero-order chi connectivity index (χ0) is 11.6. The number of nitrogens with zero attached hydrogens (tertiary/aromatic N) is 2. The van der Waals surface area contributed by atoms with Gasteiger partial charge >= 0.3 is 0 Å². The van der Waals surface area contributed by atoms with Gasteiger partial charge in [-0.05, 0) is 41.7 Å². The van der Waals surface area contributed by atoms with Gasteiger partial charge in [-0.2, -0.15) is 0 Å². The van der Waals surface area contributed by atoms with E-state index < -0.39 is 0 Å². The van der Waals surface area contributed by atoms with Gasteiger partial charge in [0.1, 0.15) is 0 Å². The first-order chi connectivity index (χ1) is 6.88. The maximum Gasteiger partial charge on any atom is 0.0655 e. The molecule has 0 unspecified atom stereocenters. The topological polar surface area (TPSA) is 18.5 Å². The van der Waals surface area contributed by atoms with Crippen LogP contribution in [0, 0.1) is 0 Å². The van der Waals surface area contributed by atoms with Crippen LogP contribution >= 0.6 is 0 Å². The maximum absolute atomic E-state index is 3.39. The van der Waals surface area contributed by atoms with Crippen LogP contribution in [0.15, 0.2) is 0 Å². The normalized spacial score (nSPS) is 26.2. The van der Waals surface area contributed by atoms with E-state index in [1.54, 1.807) is 0 Å². The standard InChI is InChI=1S/C12H27N3/c1-10(2)14-7-8-15(11(3)9-14)12(4,5)13-6/h10-11,13H,7-9H2,1-6H3/t11-/m1/s1. The van der Waals surface area contributed by atoms with Crippen molar-refractivity contribution in [2.75, 3.05) is 26.7 Å². The molecule has 15 heavy (non-hydrogen) atoms. The van der Waals surface area contributed by atoms with E-state index in [4.69, 9.17) is 0 Å². The molecule has 1 aliphatic heterocycles. The lowest BCUT2D eigenvalue weighted by Crippen LogP contribution is -2.64. The molecule has 0 spiro atoms. The van der Waals surface area contributed by atoms with Crippen molar-refractivity contribution in [3.63, 3.8) is 0 Å². The minimum atomic E-state index is 0.114. The molecule has 1 rings (SSSR count). The molecule has 1 N–H and O–H groups in total. The van der Waals surface area contributed by atoms with E-state index in [2.05, 4.69) is 49.7 Å². The Kier molecular flexibility index (Phi) is 4.15. The summed E-state index contributed by atoms with van der Waals surface area (Å²) in [6.45, 7) is 14.9. The Morgan fingerprint density at radius 3 is 2.27 bits per heavy atom. The van der Waals surface area contributed by atoms with Gasteiger partial charge < -0.3 is 5.32 Å². The van der Waals surface area contributed by atoms with Gasteiger partial charge in [0.2, 0.25) is 0 Å². The van der Waals surface area contributed by atoms with Gasteiger partial charge in [-0.3, -0.25) is 9.80 Å². The number of nitrogens with one attached hydrogen (secondary N) is 1. The number of hydrogen-bond donors (Lipinski definition) is 1. The van der Waals surface area contributed by atoms with E-state index in [1.165, 1.54) is 13.1 Å². The SMILES string of the molecule is CNC(C)(C)N1CCN(C(C)C)C[C@H]1C. The van der Waals surface area contributed by atoms with Crippen LogP contribution in [0.2, 0.25) is 0 Å². The molecule has 0 aromatic carbocycles. The third-order valence-corrected chi connectivity index (χ3v) is 3.72. The Morgan fingerprint density at radius 1 is 1.27 bits per heavy atom. The summed E-state index contributed by atoms with van der Waals surface area (Å²) in [4.78, 5) is 5.12. The molecule has 1 saturated heterocycles. The third-order valence-electron chi connectivity index (χ3n) is 3.72. The summed E-state index contributed by atoms with van der Waals surface area (Å²) in [6, 6.07) is 1.30. The number of piperazine rings is 1. The summed E-state index contributed by atoms with van der Waals surface area (Å²) in [5.41, 5.74) is 0.114. The Balaban J connectivity index is 2.60. The van der Waals surface area contributed by atoms with E-state index in [0.29, 0.717) is 12.1 Å². The smallest absolute Gasteiger partial charge is 0.0655 e. The molecule has 0 saturated carbocycles. The van der Waals surface area contributed by atoms with Crippen LogP contribution in [0.3, 0.4) is 0 Å². The van der Waals surface area contributed by atoms with Gasteiger partial charge in [-0.25, -0.2) is 0 Å². The van der Waals surface area contributed by atoms with Crippen molar-refractivity contribution in [2.45, 2.75) is 52.4 Å². The zero-order valence-corrected chi connectivity index (χ0v) is 11.2. The predicted molar refractivity (Wildman–Crippen MR) is 66.0 cm³/mol. The molecule has 1 aliphatic rings. The van der Waals surface area contributed by atoms with Gasteiger partial charge in [0, 0.05) is 31.7 Å². The fraction of sp³-hybridized carbons (Fsp3) is 1.00. The first-order valence-corrected chi connectivity index (χ1v) is 6.08. The molecule has 0 radical (unpaired) electrons. The third kappa shape index (κ3) is 2.92. The molecule has 3 heteroatoms. The van der Waals surface area contributed by atoms with Crippen molar-refractivity contribution in [1.82, 2.24) is 15.1 Å². The first-order valence-electron chi connectivity index (χ1n) is 6.08. The van der Waals surface area contributed by atoms with E-state index in [9.17, 15) is 0 Å². The van der Waals surface area contributed by atoms with Crippen molar-refractivity contribution in [2.24, 2.45) is 0 Å². The van der Waals surface area contributed by atoms with E-state index >= 15 is 0 Å². The fourth-order valence-electron chi connectivity index (χ4n) is 2.43. The molecule has 0 aromatic rings. The van der Waals surface area contributed by atoms with E-state index in [-0.39, 0.29) is 5.66 Å². The van der Waals surface area contributed by atoms with Crippen LogP contribution < -0.4 is 5.32 Å². The summed E-state index contributed by atoms with van der Waals surface area (Å²) in [5.74, 6) is 0. The molecule has 0 bridgehead atoms. The lowest BCUT2D eigenvalue weighted by atomic mass is 10.1. The van der Waals surface area contributed by atoms with Gasteiger partial charge in [0.05, 0.1) is 5.66 Å². The molecular formula is C12H27N3. The molecule has 3 nitrogen and oxygen atoms in total. The van der Waals surface area contributed by atoms with Crippen molar-refractivity contribution < 1.29 is 0 Å². The Hall–Kier alpha value is -0.120. The monoisotopic (exact) mass is 213 g/mol. The van der Waals surface area contributed by atoms with Crippen LogP contribution in [0.4, 0.5) is 0 Å². The maximum atomic E-state index is 3.39. The fourth-order valence-corrected chi connectivity index (χ4v) is 2.43. The van der Waals surface area contributed by atoms with E-state index in [1.807, 2.05) is 7.05 Å². The predicted octanol–water partition coefficient (Wildman–Crippen LogP) is 1.36. The highest BCUT2D eigenvalue weighted by molar-refractivity contribution is 4.88. The number of rotatable bonds is 3. The molecule has 0 amide bonds. The lowest BCUT2D eigenvalue weighted by Gasteiger charge is -2.49. The molecule has 1 heterocycles. The number of hydrogen-bond acceptors (Lipinski definition) is 3. The van der Waals surface area contributed by atoms with Gasteiger partial charge in [0.15, 0.2) is 0 Å². The lowest BCUT2D eigenvalue weighted by molar-refractivity contribution is -0.0128. The van der Waals surface area contributed by atoms with Crippen LogP contribution in [0.25, 0.3) is 0 Å². The average Bonchev–Trinajstić information content (AvgIpc) is 2.17. The van der Waals surface area contributed by atoms with Gasteiger partial charge in [0.25, 0.3) is 0 Å². The minimum absolute atomic E-state index is 0.114. The van der Waals surface area contributed by atoms with Crippen molar-refractivity contribution in [3.05, 3.63) is 0 Å². The Morgan fingerprint density at radius 2 is 1.87 bits per heavy atom. The van der Waals surface area contributed by atoms with Crippen LogP contribution in [0.5, 0.6) is 0 Å². The van der Waals surface area contributed by atoms with Crippen LogP contribution in [-0.2, 0) is 0 Å². The second kappa shape index (κ2) is 4.81. The molecule has 0 aliphatic carbocycles. The summed E-state index contributed by atoms with van der Waals surface area (Å²) in [7, 11) is 2.04. The second-order valence-electron chi connectivity index (χ2n) is 5.44. The summed E-state index contributed by atoms with van der Waals surface area (Å²) < 4.78 is 0. The van der Waals surface area contributed by atoms with Gasteiger partial charge in [-0.15, -0.1) is 0 Å². The molecule has 1 fully saturated rings. The Bertz CT molecular complexity index is 201. The molecule has 90 valence electrons. The highest BCUT2D eigenvalue weighted by Gasteiger charge is 2.33. The van der Waals surface area contributed by atoms with Gasteiger partial charge in [-0.1, -0.05) is 0 Å². The summed E-state index contributed by atoms with van der Waals surface area (Å²) in [5, 5.41) is 3.39. The second-order valence-corrected chi connectivity index (χ2v) is 5.44. The van der Waals surface area contributed by atoms with Crippen molar-refractivity contribution >= 4 is 0 Å². The van der Waals surface area contributed by atoms with Crippen molar-refractivity contribution in [1.29, 1.82) is 0 Å². The van der Waals surface area contributed by atoms with Crippen molar-refractivity contribution in [3.8, 4) is 0 Å². The largest absolute Gasteiger partial charge is 0.303 e. The summed E-state index contributed by atoms with van der Waals surface area (Å²) >= 11 is 0. The average molecular weight is 213 g/mol. The van der Waals surface area contributed by atoms with Crippen LogP contribution in [0.1, 0.15) is 34.6 Å². The Labute approximate surface area is 94.8 Å². The van der Waals surface area contributed by atoms with E-state index in [0.717, 1.165) is 6.54 Å². The zero-order valence-electron chi connectivity index (χ0n) is 11.2. The van der Waals surface area contributed by atoms with Crippen LogP contribution in [-0.4, -0.2) is 54.2 Å². The quantitative estimate of drug-likeness (QED) is 0.763. The molecule has 1 atom stereocenters.